The van der Waals surface area contributed by atoms with Crippen LogP contribution in [-0.2, 0) is 12.4 Å². The van der Waals surface area contributed by atoms with Crippen LogP contribution in [0.15, 0.2) is 97.1 Å². The van der Waals surface area contributed by atoms with Crippen LogP contribution in [0, 0.1) is 0 Å². The van der Waals surface area contributed by atoms with Crippen LogP contribution in [0.5, 0.6) is 11.5 Å². The second-order valence-corrected chi connectivity index (χ2v) is 8.83. The van der Waals surface area contributed by atoms with Gasteiger partial charge in [-0.1, -0.05) is 36.4 Å². The molecular formula is C30H19F6NO5. The highest BCUT2D eigenvalue weighted by atomic mass is 19.4. The molecule has 0 aliphatic rings. The molecule has 0 saturated heterocycles. The zero-order chi connectivity index (χ0) is 30.7. The van der Waals surface area contributed by atoms with Crippen molar-refractivity contribution < 1.29 is 50.2 Å². The molecular weight excluding hydrogens is 568 g/mol. The first kappa shape index (κ1) is 29.8. The fourth-order valence-electron chi connectivity index (χ4n) is 3.74. The van der Waals surface area contributed by atoms with E-state index in [0.29, 0.717) is 4.90 Å². The molecule has 0 spiro atoms. The van der Waals surface area contributed by atoms with Crippen LogP contribution in [0.3, 0.4) is 0 Å². The number of hydrogen-bond acceptors (Lipinski definition) is 5. The van der Waals surface area contributed by atoms with E-state index in [-0.39, 0.29) is 46.5 Å². The standard InChI is InChI=1S/C30H19F6NO5/c1-37(26(38)18-13-21(29(31,32)33)17-22(14-18)30(34,35)36)23-15-19(27(39)41-24-8-4-2-5-9-24)12-20(16-23)28(40)42-25-10-6-3-7-11-25/h2-17H,1H3. The maximum atomic E-state index is 13.4. The normalized spacial score (nSPS) is 11.5. The van der Waals surface area contributed by atoms with Crippen LogP contribution in [0.2, 0.25) is 0 Å². The van der Waals surface area contributed by atoms with Crippen LogP contribution >= 0.6 is 0 Å². The van der Waals surface area contributed by atoms with Crippen molar-refractivity contribution >= 4 is 23.5 Å². The van der Waals surface area contributed by atoms with E-state index in [9.17, 15) is 40.7 Å². The Morgan fingerprint density at radius 2 is 0.976 bits per heavy atom. The SMILES string of the molecule is CN(C(=O)c1cc(C(F)(F)F)cc(C(F)(F)F)c1)c1cc(C(=O)Oc2ccccc2)cc(C(=O)Oc2ccccc2)c1. The van der Waals surface area contributed by atoms with Crippen molar-refractivity contribution in [3.05, 3.63) is 125 Å². The van der Waals surface area contributed by atoms with Crippen molar-refractivity contribution in [1.82, 2.24) is 0 Å². The molecule has 216 valence electrons. The average molecular weight is 587 g/mol. The van der Waals surface area contributed by atoms with Gasteiger partial charge in [-0.2, -0.15) is 26.3 Å². The largest absolute Gasteiger partial charge is 0.423 e. The minimum Gasteiger partial charge on any atom is -0.423 e. The molecule has 0 aliphatic carbocycles. The van der Waals surface area contributed by atoms with Gasteiger partial charge in [-0.05, 0) is 60.7 Å². The number of ether oxygens (including phenoxy) is 2. The number of alkyl halides is 6. The van der Waals surface area contributed by atoms with Gasteiger partial charge in [0, 0.05) is 18.3 Å². The Bertz CT molecular complexity index is 1520. The van der Waals surface area contributed by atoms with Crippen molar-refractivity contribution in [2.24, 2.45) is 0 Å². The molecule has 0 atom stereocenters. The lowest BCUT2D eigenvalue weighted by Crippen LogP contribution is -2.28. The van der Waals surface area contributed by atoms with Crippen molar-refractivity contribution in [3.63, 3.8) is 0 Å². The number of carbonyl (C=O) groups is 3. The van der Waals surface area contributed by atoms with E-state index in [2.05, 4.69) is 0 Å². The van der Waals surface area contributed by atoms with Crippen molar-refractivity contribution in [3.8, 4) is 11.5 Å². The molecule has 0 fully saturated rings. The predicted octanol–water partition coefficient (Wildman–Crippen LogP) is 7.44. The van der Waals surface area contributed by atoms with Gasteiger partial charge in [-0.3, -0.25) is 4.79 Å². The first-order valence-electron chi connectivity index (χ1n) is 12.0. The Morgan fingerprint density at radius 1 is 0.571 bits per heavy atom. The zero-order valence-corrected chi connectivity index (χ0v) is 21.5. The topological polar surface area (TPSA) is 72.9 Å². The summed E-state index contributed by atoms with van der Waals surface area (Å²) in [5, 5.41) is 0. The summed E-state index contributed by atoms with van der Waals surface area (Å²) in [7, 11) is 1.06. The summed E-state index contributed by atoms with van der Waals surface area (Å²) in [6.07, 6.45) is -10.4. The third-order valence-electron chi connectivity index (χ3n) is 5.82. The molecule has 0 aliphatic heterocycles. The number of para-hydroxylation sites is 2. The van der Waals surface area contributed by atoms with E-state index >= 15 is 0 Å². The number of nitrogens with zero attached hydrogens (tertiary/aromatic N) is 1. The number of halogens is 6. The summed E-state index contributed by atoms with van der Waals surface area (Å²) in [6.45, 7) is 0. The molecule has 12 heteroatoms. The van der Waals surface area contributed by atoms with Crippen LogP contribution in [0.1, 0.15) is 42.2 Å². The van der Waals surface area contributed by atoms with Gasteiger partial charge >= 0.3 is 24.3 Å². The molecule has 0 saturated carbocycles. The zero-order valence-electron chi connectivity index (χ0n) is 21.5. The van der Waals surface area contributed by atoms with E-state index < -0.39 is 46.9 Å². The van der Waals surface area contributed by atoms with Gasteiger partial charge in [0.25, 0.3) is 5.91 Å². The highest BCUT2D eigenvalue weighted by Crippen LogP contribution is 2.37. The second-order valence-electron chi connectivity index (χ2n) is 8.83. The minimum atomic E-state index is -5.18. The van der Waals surface area contributed by atoms with Gasteiger partial charge < -0.3 is 14.4 Å². The van der Waals surface area contributed by atoms with Crippen LogP contribution in [-0.4, -0.2) is 24.9 Å². The molecule has 0 aromatic heterocycles. The number of amides is 1. The maximum Gasteiger partial charge on any atom is 0.416 e. The van der Waals surface area contributed by atoms with E-state index in [4.69, 9.17) is 9.47 Å². The van der Waals surface area contributed by atoms with Gasteiger partial charge in [-0.25, -0.2) is 9.59 Å². The maximum absolute atomic E-state index is 13.4. The Morgan fingerprint density at radius 3 is 1.36 bits per heavy atom. The summed E-state index contributed by atoms with van der Waals surface area (Å²) in [6, 6.07) is 19.4. The Labute approximate surface area is 234 Å². The van der Waals surface area contributed by atoms with Gasteiger partial charge in [0.1, 0.15) is 11.5 Å². The smallest absolute Gasteiger partial charge is 0.416 e. The van der Waals surface area contributed by atoms with Gasteiger partial charge in [0.2, 0.25) is 0 Å². The molecule has 0 heterocycles. The monoisotopic (exact) mass is 587 g/mol. The van der Waals surface area contributed by atoms with Gasteiger partial charge in [-0.15, -0.1) is 0 Å². The number of hydrogen-bond donors (Lipinski definition) is 0. The molecule has 4 rings (SSSR count). The summed E-state index contributed by atoms with van der Waals surface area (Å²) in [5.74, 6) is -2.90. The lowest BCUT2D eigenvalue weighted by Gasteiger charge is -2.21. The van der Waals surface area contributed by atoms with Crippen LogP contribution in [0.25, 0.3) is 0 Å². The Balaban J connectivity index is 1.75. The molecule has 0 bridgehead atoms. The highest BCUT2D eigenvalue weighted by Gasteiger charge is 2.38. The van der Waals surface area contributed by atoms with Crippen molar-refractivity contribution in [2.45, 2.75) is 12.4 Å². The summed E-state index contributed by atoms with van der Waals surface area (Å²) in [4.78, 5) is 39.8. The van der Waals surface area contributed by atoms with Gasteiger partial charge in [0.05, 0.1) is 22.3 Å². The van der Waals surface area contributed by atoms with Crippen LogP contribution in [0.4, 0.5) is 32.0 Å². The quantitative estimate of drug-likeness (QED) is 0.133. The number of carbonyl (C=O) groups excluding carboxylic acids is 3. The minimum absolute atomic E-state index is 0.102. The van der Waals surface area contributed by atoms with Crippen LogP contribution < -0.4 is 14.4 Å². The molecule has 0 radical (unpaired) electrons. The summed E-state index contributed by atoms with van der Waals surface area (Å²) < 4.78 is 90.8. The molecule has 1 amide bonds. The molecule has 0 unspecified atom stereocenters. The lowest BCUT2D eigenvalue weighted by atomic mass is 10.0. The molecule has 42 heavy (non-hydrogen) atoms. The summed E-state index contributed by atoms with van der Waals surface area (Å²) >= 11 is 0. The van der Waals surface area contributed by atoms with Crippen molar-refractivity contribution in [1.29, 1.82) is 0 Å². The third kappa shape index (κ3) is 7.14. The van der Waals surface area contributed by atoms with E-state index in [1.807, 2.05) is 0 Å². The van der Waals surface area contributed by atoms with E-state index in [1.54, 1.807) is 36.4 Å². The average Bonchev–Trinajstić information content (AvgIpc) is 2.96. The van der Waals surface area contributed by atoms with E-state index in [1.165, 1.54) is 24.3 Å². The number of esters is 2. The highest BCUT2D eigenvalue weighted by molar-refractivity contribution is 6.07. The van der Waals surface area contributed by atoms with E-state index in [0.717, 1.165) is 25.2 Å². The molecule has 0 N–H and O–H groups in total. The number of anilines is 1. The Hall–Kier alpha value is -5.13. The number of benzene rings is 4. The van der Waals surface area contributed by atoms with Gasteiger partial charge in [0.15, 0.2) is 0 Å². The molecule has 4 aromatic rings. The first-order valence-corrected chi connectivity index (χ1v) is 12.0. The third-order valence-corrected chi connectivity index (χ3v) is 5.82. The predicted molar refractivity (Wildman–Crippen MR) is 138 cm³/mol. The van der Waals surface area contributed by atoms with Crippen molar-refractivity contribution in [2.75, 3.05) is 11.9 Å². The number of rotatable bonds is 6. The fraction of sp³-hybridized carbons (Fsp3) is 0.100. The second kappa shape index (κ2) is 11.8. The fourth-order valence-corrected chi connectivity index (χ4v) is 3.74. The Kier molecular flexibility index (Phi) is 8.36. The molecule has 6 nitrogen and oxygen atoms in total. The lowest BCUT2D eigenvalue weighted by molar-refractivity contribution is -0.143. The first-order chi connectivity index (χ1) is 19.7. The summed E-state index contributed by atoms with van der Waals surface area (Å²) in [5.41, 5.74) is -5.01. The molecule has 4 aromatic carbocycles.